The van der Waals surface area contributed by atoms with E-state index in [-0.39, 0.29) is 5.82 Å². The summed E-state index contributed by atoms with van der Waals surface area (Å²) in [5.74, 6) is 3.84. The van der Waals surface area contributed by atoms with E-state index in [2.05, 4.69) is 24.0 Å². The van der Waals surface area contributed by atoms with Gasteiger partial charge in [0.1, 0.15) is 5.82 Å². The number of rotatable bonds is 3. The van der Waals surface area contributed by atoms with Crippen molar-refractivity contribution in [3.63, 3.8) is 0 Å². The maximum absolute atomic E-state index is 14.4. The van der Waals surface area contributed by atoms with Crippen molar-refractivity contribution in [1.29, 1.82) is 0 Å². The van der Waals surface area contributed by atoms with E-state index in [1.54, 1.807) is 12.1 Å². The summed E-state index contributed by atoms with van der Waals surface area (Å²) in [7, 11) is 0. The van der Waals surface area contributed by atoms with Gasteiger partial charge in [-0.2, -0.15) is 0 Å². The molecule has 3 heteroatoms. The number of hydrogen-bond acceptors (Lipinski definition) is 0. The monoisotopic (exact) mass is 354 g/mol. The highest BCUT2D eigenvalue weighted by molar-refractivity contribution is 5.47. The summed E-state index contributed by atoms with van der Waals surface area (Å²) in [6, 6.07) is 6.83. The fraction of sp³-hybridized carbons (Fsp3) is 0.304. The fourth-order valence-electron chi connectivity index (χ4n) is 3.41. The maximum Gasteiger partial charge on any atom is 0.160 e. The minimum Gasteiger partial charge on any atom is -0.206 e. The van der Waals surface area contributed by atoms with Crippen LogP contribution in [0.5, 0.6) is 0 Å². The molecule has 0 heterocycles. The number of aryl methyl sites for hydroxylation is 1. The zero-order valence-electron chi connectivity index (χ0n) is 14.8. The third kappa shape index (κ3) is 4.38. The van der Waals surface area contributed by atoms with Crippen molar-refractivity contribution in [2.45, 2.75) is 39.0 Å². The number of hydrogen-bond donors (Lipinski definition) is 0. The van der Waals surface area contributed by atoms with Gasteiger partial charge in [-0.3, -0.25) is 0 Å². The van der Waals surface area contributed by atoms with Crippen molar-refractivity contribution in [1.82, 2.24) is 0 Å². The average molecular weight is 354 g/mol. The summed E-state index contributed by atoms with van der Waals surface area (Å²) in [5, 5.41) is 0. The van der Waals surface area contributed by atoms with E-state index in [1.165, 1.54) is 6.07 Å². The van der Waals surface area contributed by atoms with Crippen LogP contribution >= 0.6 is 0 Å². The van der Waals surface area contributed by atoms with Gasteiger partial charge in [0.2, 0.25) is 0 Å². The Labute approximate surface area is 152 Å². The van der Waals surface area contributed by atoms with Gasteiger partial charge in [0.25, 0.3) is 0 Å². The standard InChI is InChI=1S/C23H21F3/c1-2-3-4-5-16-6-9-18-14-19(22(25)15-20(18)12-16)10-7-17-8-11-21(24)23(26)13-17/h2-3,8,11,13-16H,4-6,9,12H2,1H3/b3-2+. The van der Waals surface area contributed by atoms with E-state index in [4.69, 9.17) is 0 Å². The van der Waals surface area contributed by atoms with E-state index in [0.717, 1.165) is 55.4 Å². The molecule has 1 aliphatic rings. The van der Waals surface area contributed by atoms with E-state index in [9.17, 15) is 13.2 Å². The molecule has 0 fully saturated rings. The Morgan fingerprint density at radius 3 is 2.62 bits per heavy atom. The lowest BCUT2D eigenvalue weighted by molar-refractivity contribution is 0.428. The highest BCUT2D eigenvalue weighted by Crippen LogP contribution is 2.30. The van der Waals surface area contributed by atoms with Crippen molar-refractivity contribution in [2.75, 3.05) is 0 Å². The Kier molecular flexibility index (Phi) is 5.83. The molecule has 0 amide bonds. The zero-order valence-corrected chi connectivity index (χ0v) is 14.8. The maximum atomic E-state index is 14.4. The molecule has 1 atom stereocenters. The Balaban J connectivity index is 1.78. The predicted octanol–water partition coefficient (Wildman–Crippen LogP) is 5.96. The van der Waals surface area contributed by atoms with Crippen LogP contribution in [0.3, 0.4) is 0 Å². The van der Waals surface area contributed by atoms with Gasteiger partial charge in [0, 0.05) is 5.56 Å². The minimum atomic E-state index is -0.952. The highest BCUT2D eigenvalue weighted by atomic mass is 19.2. The van der Waals surface area contributed by atoms with Gasteiger partial charge >= 0.3 is 0 Å². The van der Waals surface area contributed by atoms with Gasteiger partial charge in [0.15, 0.2) is 11.6 Å². The Hall–Kier alpha value is -2.47. The molecule has 26 heavy (non-hydrogen) atoms. The Bertz CT molecular complexity index is 884. The van der Waals surface area contributed by atoms with E-state index in [0.29, 0.717) is 17.0 Å². The van der Waals surface area contributed by atoms with Crippen molar-refractivity contribution in [3.8, 4) is 11.8 Å². The van der Waals surface area contributed by atoms with E-state index < -0.39 is 11.6 Å². The summed E-state index contributed by atoms with van der Waals surface area (Å²) in [6.07, 6.45) is 9.37. The molecule has 3 rings (SSSR count). The second kappa shape index (κ2) is 8.27. The van der Waals surface area contributed by atoms with Crippen LogP contribution in [0, 0.1) is 35.2 Å². The van der Waals surface area contributed by atoms with Gasteiger partial charge in [-0.1, -0.05) is 24.0 Å². The molecular formula is C23H21F3. The van der Waals surface area contributed by atoms with Gasteiger partial charge in [0.05, 0.1) is 5.56 Å². The van der Waals surface area contributed by atoms with Gasteiger partial charge in [-0.05, 0) is 86.4 Å². The molecule has 0 radical (unpaired) electrons. The fourth-order valence-corrected chi connectivity index (χ4v) is 3.41. The predicted molar refractivity (Wildman–Crippen MR) is 98.3 cm³/mol. The molecule has 2 aromatic rings. The van der Waals surface area contributed by atoms with Crippen LogP contribution in [0.15, 0.2) is 42.5 Å². The summed E-state index contributed by atoms with van der Waals surface area (Å²) >= 11 is 0. The Morgan fingerprint density at radius 2 is 1.85 bits per heavy atom. The molecule has 1 unspecified atom stereocenters. The number of halogens is 3. The van der Waals surface area contributed by atoms with E-state index in [1.807, 2.05) is 6.92 Å². The zero-order chi connectivity index (χ0) is 18.5. The van der Waals surface area contributed by atoms with Crippen LogP contribution in [-0.4, -0.2) is 0 Å². The molecule has 2 aromatic carbocycles. The molecule has 0 aromatic heterocycles. The average Bonchev–Trinajstić information content (AvgIpc) is 2.63. The molecule has 0 nitrogen and oxygen atoms in total. The quantitative estimate of drug-likeness (QED) is 0.471. The van der Waals surface area contributed by atoms with Gasteiger partial charge < -0.3 is 0 Å². The molecular weight excluding hydrogens is 333 g/mol. The summed E-state index contributed by atoms with van der Waals surface area (Å²) in [4.78, 5) is 0. The second-order valence-corrected chi connectivity index (χ2v) is 6.73. The third-order valence-corrected chi connectivity index (χ3v) is 4.86. The molecule has 134 valence electrons. The number of allylic oxidation sites excluding steroid dienone is 2. The molecule has 1 aliphatic carbocycles. The first-order chi connectivity index (χ1) is 12.6. The molecule has 0 spiro atoms. The van der Waals surface area contributed by atoms with Crippen LogP contribution in [-0.2, 0) is 12.8 Å². The lowest BCUT2D eigenvalue weighted by Gasteiger charge is -2.24. The highest BCUT2D eigenvalue weighted by Gasteiger charge is 2.19. The van der Waals surface area contributed by atoms with Gasteiger partial charge in [-0.25, -0.2) is 13.2 Å². The smallest absolute Gasteiger partial charge is 0.160 e. The summed E-state index contributed by atoms with van der Waals surface area (Å²) < 4.78 is 40.6. The SMILES string of the molecule is C/C=C/CCC1CCc2cc(C#Cc3ccc(F)c(F)c3)c(F)cc2C1. The minimum absolute atomic E-state index is 0.306. The Morgan fingerprint density at radius 1 is 1.00 bits per heavy atom. The van der Waals surface area contributed by atoms with Crippen LogP contribution in [0.2, 0.25) is 0 Å². The number of benzene rings is 2. The van der Waals surface area contributed by atoms with Crippen LogP contribution < -0.4 is 0 Å². The van der Waals surface area contributed by atoms with Crippen molar-refractivity contribution in [3.05, 3.63) is 82.2 Å². The molecule has 0 saturated heterocycles. The molecule has 0 aliphatic heterocycles. The first kappa shape index (κ1) is 18.3. The number of fused-ring (bicyclic) bond motifs is 1. The van der Waals surface area contributed by atoms with Crippen molar-refractivity contribution < 1.29 is 13.2 Å². The van der Waals surface area contributed by atoms with Crippen LogP contribution in [0.4, 0.5) is 13.2 Å². The van der Waals surface area contributed by atoms with Crippen molar-refractivity contribution >= 4 is 0 Å². The first-order valence-electron chi connectivity index (χ1n) is 8.96. The largest absolute Gasteiger partial charge is 0.206 e. The van der Waals surface area contributed by atoms with E-state index >= 15 is 0 Å². The molecule has 0 N–H and O–H groups in total. The summed E-state index contributed by atoms with van der Waals surface area (Å²) in [6.45, 7) is 2.02. The second-order valence-electron chi connectivity index (χ2n) is 6.73. The lowest BCUT2D eigenvalue weighted by atomic mass is 9.81. The van der Waals surface area contributed by atoms with Crippen LogP contribution in [0.25, 0.3) is 0 Å². The normalized spacial score (nSPS) is 16.2. The van der Waals surface area contributed by atoms with Gasteiger partial charge in [-0.15, -0.1) is 0 Å². The topological polar surface area (TPSA) is 0 Å². The van der Waals surface area contributed by atoms with Crippen LogP contribution in [0.1, 0.15) is 48.4 Å². The molecule has 0 bridgehead atoms. The third-order valence-electron chi connectivity index (χ3n) is 4.86. The molecule has 0 saturated carbocycles. The lowest BCUT2D eigenvalue weighted by Crippen LogP contribution is -2.15. The summed E-state index contributed by atoms with van der Waals surface area (Å²) in [5.41, 5.74) is 2.84. The first-order valence-corrected chi connectivity index (χ1v) is 8.96. The van der Waals surface area contributed by atoms with Crippen molar-refractivity contribution in [2.24, 2.45) is 5.92 Å².